The predicted molar refractivity (Wildman–Crippen MR) is 178 cm³/mol. The summed E-state index contributed by atoms with van der Waals surface area (Å²) in [7, 11) is 0. The molecule has 9 rings (SSSR count). The van der Waals surface area contributed by atoms with E-state index in [0.717, 1.165) is 28.1 Å². The molecule has 0 amide bonds. The lowest BCUT2D eigenvalue weighted by Crippen LogP contribution is -2.32. The summed E-state index contributed by atoms with van der Waals surface area (Å²) in [6.07, 6.45) is 0. The average Bonchev–Trinajstić information content (AvgIpc) is 3.40. The van der Waals surface area contributed by atoms with Crippen LogP contribution in [0.25, 0.3) is 45.0 Å². The second-order valence-electron chi connectivity index (χ2n) is 11.2. The lowest BCUT2D eigenvalue weighted by Gasteiger charge is -2.39. The van der Waals surface area contributed by atoms with Gasteiger partial charge in [-0.3, -0.25) is 0 Å². The molecule has 3 nitrogen and oxygen atoms in total. The summed E-state index contributed by atoms with van der Waals surface area (Å²) in [5.74, 6) is 0.616. The molecule has 0 saturated heterocycles. The molecular weight excluding hydrogens is 555 g/mol. The van der Waals surface area contributed by atoms with E-state index in [4.69, 9.17) is 10.1 Å². The number of aromatic nitrogens is 3. The molecule has 0 saturated carbocycles. The third-order valence-corrected chi connectivity index (χ3v) is 10.0. The molecule has 1 aliphatic carbocycles. The molecule has 6 aromatic carbocycles. The van der Waals surface area contributed by atoms with Crippen LogP contribution in [0.2, 0.25) is 0 Å². The molecule has 1 aromatic heterocycles. The summed E-state index contributed by atoms with van der Waals surface area (Å²) in [4.78, 5) is 7.66. The number of fused-ring (bicyclic) bond motifs is 9. The van der Waals surface area contributed by atoms with Crippen molar-refractivity contribution < 1.29 is 0 Å². The van der Waals surface area contributed by atoms with E-state index >= 15 is 0 Å². The normalized spacial score (nSPS) is 13.5. The van der Waals surface area contributed by atoms with Gasteiger partial charge in [-0.15, -0.1) is 10.2 Å². The van der Waals surface area contributed by atoms with Crippen LogP contribution in [0.3, 0.4) is 0 Å². The van der Waals surface area contributed by atoms with Crippen molar-refractivity contribution in [2.75, 3.05) is 0 Å². The molecule has 44 heavy (non-hydrogen) atoms. The van der Waals surface area contributed by atoms with E-state index in [2.05, 4.69) is 108 Å². The van der Waals surface area contributed by atoms with Gasteiger partial charge in [0.2, 0.25) is 0 Å². The maximum absolute atomic E-state index is 5.12. The highest BCUT2D eigenvalue weighted by atomic mass is 32.2. The van der Waals surface area contributed by atoms with Crippen LogP contribution in [0.15, 0.2) is 161 Å². The van der Waals surface area contributed by atoms with E-state index in [-0.39, 0.29) is 0 Å². The monoisotopic (exact) mass is 579 g/mol. The molecule has 4 heteroatoms. The Bertz CT molecular complexity index is 2160. The van der Waals surface area contributed by atoms with Gasteiger partial charge in [-0.05, 0) is 51.6 Å². The number of benzene rings is 6. The van der Waals surface area contributed by atoms with Crippen molar-refractivity contribution in [3.63, 3.8) is 0 Å². The highest BCUT2D eigenvalue weighted by Gasteiger charge is 2.50. The van der Waals surface area contributed by atoms with Gasteiger partial charge in [0.1, 0.15) is 11.4 Å². The van der Waals surface area contributed by atoms with Crippen LogP contribution in [0.1, 0.15) is 22.3 Å². The van der Waals surface area contributed by atoms with Crippen LogP contribution in [0, 0.1) is 0 Å². The van der Waals surface area contributed by atoms with E-state index < -0.39 is 5.41 Å². The standard InChI is InChI=1S/C40H25N3S/c1-3-13-26(14-4-1)37-38(42-43-39(41-37)27-15-5-2-6-16-27)28-23-24-36-34(25-28)40(33-21-11-12-22-35(33)44-36)31-19-9-7-17-29(31)30-18-8-10-20-32(30)40/h1-25H. The van der Waals surface area contributed by atoms with Crippen molar-refractivity contribution in [1.82, 2.24) is 15.2 Å². The van der Waals surface area contributed by atoms with Crippen molar-refractivity contribution in [3.05, 3.63) is 174 Å². The van der Waals surface area contributed by atoms with Crippen molar-refractivity contribution in [1.29, 1.82) is 0 Å². The first-order valence-corrected chi connectivity index (χ1v) is 15.6. The molecule has 2 aliphatic rings. The maximum atomic E-state index is 5.12. The second kappa shape index (κ2) is 9.87. The number of hydrogen-bond donors (Lipinski definition) is 0. The minimum absolute atomic E-state index is 0.446. The van der Waals surface area contributed by atoms with Crippen molar-refractivity contribution in [2.45, 2.75) is 15.2 Å². The molecule has 7 aromatic rings. The quantitative estimate of drug-likeness (QED) is 0.209. The first kappa shape index (κ1) is 25.2. The fraction of sp³-hybridized carbons (Fsp3) is 0.0250. The summed E-state index contributed by atoms with van der Waals surface area (Å²) in [6.45, 7) is 0. The summed E-state index contributed by atoms with van der Waals surface area (Å²) >= 11 is 1.85. The van der Waals surface area contributed by atoms with E-state index in [1.54, 1.807) is 0 Å². The van der Waals surface area contributed by atoms with Gasteiger partial charge in [-0.1, -0.05) is 145 Å². The number of rotatable bonds is 3. The Hall–Kier alpha value is -5.32. The molecule has 0 fully saturated rings. The minimum atomic E-state index is -0.446. The SMILES string of the molecule is c1ccc(-c2nnc(-c3ccc4c(c3)C3(c5ccccc5S4)c4ccccc4-c4ccccc43)c(-c3ccccc3)n2)cc1. The van der Waals surface area contributed by atoms with Gasteiger partial charge in [0.05, 0.1) is 5.41 Å². The molecular formula is C40H25N3S. The largest absolute Gasteiger partial charge is 0.224 e. The molecule has 0 bridgehead atoms. The Morgan fingerprint density at radius 3 is 1.68 bits per heavy atom. The first-order valence-electron chi connectivity index (χ1n) is 14.8. The van der Waals surface area contributed by atoms with Crippen LogP contribution in [-0.4, -0.2) is 15.2 Å². The Morgan fingerprint density at radius 2 is 0.977 bits per heavy atom. The molecule has 206 valence electrons. The summed E-state index contributed by atoms with van der Waals surface area (Å²) in [5.41, 5.74) is 11.9. The fourth-order valence-corrected chi connectivity index (χ4v) is 8.20. The summed E-state index contributed by atoms with van der Waals surface area (Å²) in [5, 5.41) is 9.53. The molecule has 1 spiro atoms. The minimum Gasteiger partial charge on any atom is -0.224 e. The molecule has 0 atom stereocenters. The van der Waals surface area contributed by atoms with E-state index in [1.165, 1.54) is 43.2 Å². The van der Waals surface area contributed by atoms with Gasteiger partial charge >= 0.3 is 0 Å². The van der Waals surface area contributed by atoms with Crippen molar-refractivity contribution >= 4 is 11.8 Å². The van der Waals surface area contributed by atoms with Crippen LogP contribution in [-0.2, 0) is 5.41 Å². The highest BCUT2D eigenvalue weighted by Crippen LogP contribution is 2.62. The Balaban J connectivity index is 1.33. The maximum Gasteiger partial charge on any atom is 0.182 e. The van der Waals surface area contributed by atoms with Crippen LogP contribution >= 0.6 is 11.8 Å². The second-order valence-corrected chi connectivity index (χ2v) is 12.3. The van der Waals surface area contributed by atoms with Crippen molar-refractivity contribution in [2.24, 2.45) is 0 Å². The molecule has 2 heterocycles. The Morgan fingerprint density at radius 1 is 0.409 bits per heavy atom. The van der Waals surface area contributed by atoms with E-state index in [1.807, 2.05) is 60.3 Å². The zero-order valence-corrected chi connectivity index (χ0v) is 24.5. The van der Waals surface area contributed by atoms with Gasteiger partial charge < -0.3 is 0 Å². The Labute approximate surface area is 260 Å². The number of hydrogen-bond acceptors (Lipinski definition) is 4. The number of nitrogens with zero attached hydrogens (tertiary/aromatic N) is 3. The Kier molecular flexibility index (Phi) is 5.65. The van der Waals surface area contributed by atoms with Crippen molar-refractivity contribution in [3.8, 4) is 45.0 Å². The first-order chi connectivity index (χ1) is 21.8. The fourth-order valence-electron chi connectivity index (χ4n) is 7.03. The average molecular weight is 580 g/mol. The summed E-state index contributed by atoms with van der Waals surface area (Å²) in [6, 6.07) is 53.8. The van der Waals surface area contributed by atoms with Crippen LogP contribution in [0.5, 0.6) is 0 Å². The molecule has 0 radical (unpaired) electrons. The molecule has 0 N–H and O–H groups in total. The van der Waals surface area contributed by atoms with Crippen LogP contribution in [0.4, 0.5) is 0 Å². The highest BCUT2D eigenvalue weighted by molar-refractivity contribution is 7.99. The summed E-state index contributed by atoms with van der Waals surface area (Å²) < 4.78 is 0. The topological polar surface area (TPSA) is 38.7 Å². The predicted octanol–water partition coefficient (Wildman–Crippen LogP) is 9.70. The van der Waals surface area contributed by atoms with Gasteiger partial charge in [0.15, 0.2) is 5.82 Å². The van der Waals surface area contributed by atoms with Gasteiger partial charge in [-0.25, -0.2) is 4.98 Å². The van der Waals surface area contributed by atoms with E-state index in [0.29, 0.717) is 5.82 Å². The van der Waals surface area contributed by atoms with Gasteiger partial charge in [0, 0.05) is 26.5 Å². The lowest BCUT2D eigenvalue weighted by atomic mass is 9.67. The molecule has 0 unspecified atom stereocenters. The molecule has 1 aliphatic heterocycles. The third kappa shape index (κ3) is 3.61. The van der Waals surface area contributed by atoms with Gasteiger partial charge in [0.25, 0.3) is 0 Å². The van der Waals surface area contributed by atoms with E-state index in [9.17, 15) is 0 Å². The lowest BCUT2D eigenvalue weighted by molar-refractivity contribution is 0.722. The smallest absolute Gasteiger partial charge is 0.182 e. The van der Waals surface area contributed by atoms with Gasteiger partial charge in [-0.2, -0.15) is 0 Å². The van der Waals surface area contributed by atoms with Crippen LogP contribution < -0.4 is 0 Å². The third-order valence-electron chi connectivity index (χ3n) is 8.89. The zero-order chi connectivity index (χ0) is 29.1. The zero-order valence-electron chi connectivity index (χ0n) is 23.7.